The lowest BCUT2D eigenvalue weighted by atomic mass is 10.0. The van der Waals surface area contributed by atoms with Crippen molar-refractivity contribution in [3.63, 3.8) is 0 Å². The highest BCUT2D eigenvalue weighted by atomic mass is 16.5. The van der Waals surface area contributed by atoms with Gasteiger partial charge in [-0.2, -0.15) is 0 Å². The molecule has 0 amide bonds. The average molecular weight is 296 g/mol. The molecule has 112 valence electrons. The van der Waals surface area contributed by atoms with Crippen molar-refractivity contribution < 1.29 is 19.1 Å². The van der Waals surface area contributed by atoms with Crippen LogP contribution >= 0.6 is 0 Å². The van der Waals surface area contributed by atoms with E-state index in [1.165, 1.54) is 6.92 Å². The van der Waals surface area contributed by atoms with Crippen molar-refractivity contribution in [3.8, 4) is 16.9 Å². The van der Waals surface area contributed by atoms with Crippen molar-refractivity contribution >= 4 is 11.9 Å². The second-order valence-corrected chi connectivity index (χ2v) is 4.63. The highest BCUT2D eigenvalue weighted by Gasteiger charge is 2.02. The Balaban J connectivity index is 2.05. The first kappa shape index (κ1) is 15.5. The normalized spacial score (nSPS) is 9.86. The standard InChI is InChI=1S/C18H16O4/c1-3-18(20)21-12-14-4-6-15(7-5-14)16-8-10-17(11-9-16)22-13(2)19/h3-11H,1,12H2,2H3. The summed E-state index contributed by atoms with van der Waals surface area (Å²) in [5, 5.41) is 0. The molecule has 0 spiro atoms. The number of carbonyl (C=O) groups excluding carboxylic acids is 2. The molecule has 4 heteroatoms. The third-order valence-electron chi connectivity index (χ3n) is 2.95. The molecule has 0 aliphatic heterocycles. The molecule has 0 aliphatic rings. The number of ether oxygens (including phenoxy) is 2. The minimum absolute atomic E-state index is 0.219. The summed E-state index contributed by atoms with van der Waals surface area (Å²) >= 11 is 0. The van der Waals surface area contributed by atoms with Gasteiger partial charge in [0.05, 0.1) is 0 Å². The SMILES string of the molecule is C=CC(=O)OCc1ccc(-c2ccc(OC(C)=O)cc2)cc1. The largest absolute Gasteiger partial charge is 0.458 e. The van der Waals surface area contributed by atoms with Crippen LogP contribution in [0.25, 0.3) is 11.1 Å². The fourth-order valence-electron chi connectivity index (χ4n) is 1.89. The lowest BCUT2D eigenvalue weighted by Gasteiger charge is -2.06. The quantitative estimate of drug-likeness (QED) is 0.481. The molecule has 0 saturated heterocycles. The summed E-state index contributed by atoms with van der Waals surface area (Å²) in [6.07, 6.45) is 1.14. The van der Waals surface area contributed by atoms with Gasteiger partial charge in [-0.15, -0.1) is 0 Å². The minimum atomic E-state index is -0.440. The first-order chi connectivity index (χ1) is 10.6. The van der Waals surface area contributed by atoms with Gasteiger partial charge in [-0.1, -0.05) is 43.0 Å². The van der Waals surface area contributed by atoms with Crippen LogP contribution in [0.1, 0.15) is 12.5 Å². The van der Waals surface area contributed by atoms with E-state index in [9.17, 15) is 9.59 Å². The fourth-order valence-corrected chi connectivity index (χ4v) is 1.89. The van der Waals surface area contributed by atoms with Crippen molar-refractivity contribution in [2.75, 3.05) is 0 Å². The van der Waals surface area contributed by atoms with Crippen LogP contribution < -0.4 is 4.74 Å². The van der Waals surface area contributed by atoms with Crippen molar-refractivity contribution in [3.05, 3.63) is 66.7 Å². The average Bonchev–Trinajstić information content (AvgIpc) is 2.53. The van der Waals surface area contributed by atoms with Crippen LogP contribution in [0.3, 0.4) is 0 Å². The summed E-state index contributed by atoms with van der Waals surface area (Å²) in [7, 11) is 0. The number of hydrogen-bond donors (Lipinski definition) is 0. The zero-order chi connectivity index (χ0) is 15.9. The lowest BCUT2D eigenvalue weighted by molar-refractivity contribution is -0.139. The Morgan fingerprint density at radius 1 is 1.00 bits per heavy atom. The van der Waals surface area contributed by atoms with Crippen LogP contribution in [0, 0.1) is 0 Å². The maximum absolute atomic E-state index is 11.0. The Morgan fingerprint density at radius 3 is 2.05 bits per heavy atom. The Kier molecular flexibility index (Phi) is 5.09. The van der Waals surface area contributed by atoms with Gasteiger partial charge in [0, 0.05) is 13.0 Å². The zero-order valence-electron chi connectivity index (χ0n) is 12.2. The van der Waals surface area contributed by atoms with E-state index < -0.39 is 5.97 Å². The molecule has 4 nitrogen and oxygen atoms in total. The van der Waals surface area contributed by atoms with E-state index in [0.29, 0.717) is 5.75 Å². The Morgan fingerprint density at radius 2 is 1.55 bits per heavy atom. The predicted molar refractivity (Wildman–Crippen MR) is 83.2 cm³/mol. The number of hydrogen-bond acceptors (Lipinski definition) is 4. The van der Waals surface area contributed by atoms with Gasteiger partial charge in [0.15, 0.2) is 0 Å². The maximum atomic E-state index is 11.0. The maximum Gasteiger partial charge on any atom is 0.330 e. The molecule has 0 aromatic heterocycles. The molecule has 22 heavy (non-hydrogen) atoms. The lowest BCUT2D eigenvalue weighted by Crippen LogP contribution is -2.00. The molecule has 2 rings (SSSR count). The smallest absolute Gasteiger partial charge is 0.330 e. The molecular formula is C18H16O4. The van der Waals surface area contributed by atoms with Crippen molar-refractivity contribution in [2.24, 2.45) is 0 Å². The fraction of sp³-hybridized carbons (Fsp3) is 0.111. The number of rotatable bonds is 5. The van der Waals surface area contributed by atoms with Gasteiger partial charge in [0.25, 0.3) is 0 Å². The van der Waals surface area contributed by atoms with Crippen LogP contribution in [-0.4, -0.2) is 11.9 Å². The van der Waals surface area contributed by atoms with Gasteiger partial charge in [-0.05, 0) is 28.8 Å². The Hall–Kier alpha value is -2.88. The number of benzene rings is 2. The Labute approximate surface area is 129 Å². The van der Waals surface area contributed by atoms with E-state index in [4.69, 9.17) is 9.47 Å². The number of esters is 2. The van der Waals surface area contributed by atoms with Gasteiger partial charge in [0.2, 0.25) is 0 Å². The molecule has 2 aromatic rings. The highest BCUT2D eigenvalue weighted by Crippen LogP contribution is 2.23. The molecule has 0 unspecified atom stereocenters. The van der Waals surface area contributed by atoms with E-state index in [1.807, 2.05) is 36.4 Å². The van der Waals surface area contributed by atoms with E-state index in [2.05, 4.69) is 6.58 Å². The summed E-state index contributed by atoms with van der Waals surface area (Å²) in [6, 6.07) is 14.9. The van der Waals surface area contributed by atoms with Gasteiger partial charge in [0.1, 0.15) is 12.4 Å². The minimum Gasteiger partial charge on any atom is -0.458 e. The molecule has 0 radical (unpaired) electrons. The molecular weight excluding hydrogens is 280 g/mol. The predicted octanol–water partition coefficient (Wildman–Crippen LogP) is 3.51. The number of carbonyl (C=O) groups is 2. The Bertz CT molecular complexity index is 669. The van der Waals surface area contributed by atoms with Crippen LogP contribution in [0.5, 0.6) is 5.75 Å². The van der Waals surface area contributed by atoms with E-state index >= 15 is 0 Å². The summed E-state index contributed by atoms with van der Waals surface area (Å²) in [4.78, 5) is 21.9. The van der Waals surface area contributed by atoms with Crippen LogP contribution in [0.15, 0.2) is 61.2 Å². The summed E-state index contributed by atoms with van der Waals surface area (Å²) in [5.74, 6) is -0.263. The molecule has 0 saturated carbocycles. The van der Waals surface area contributed by atoms with Gasteiger partial charge in [-0.3, -0.25) is 4.79 Å². The van der Waals surface area contributed by atoms with E-state index in [1.54, 1.807) is 12.1 Å². The van der Waals surface area contributed by atoms with Crippen LogP contribution in [0.4, 0.5) is 0 Å². The summed E-state index contributed by atoms with van der Waals surface area (Å²) in [6.45, 7) is 4.93. The zero-order valence-corrected chi connectivity index (χ0v) is 12.2. The van der Waals surface area contributed by atoms with Crippen LogP contribution in [0.2, 0.25) is 0 Å². The first-order valence-electron chi connectivity index (χ1n) is 6.75. The van der Waals surface area contributed by atoms with Gasteiger partial charge < -0.3 is 9.47 Å². The molecule has 0 bridgehead atoms. The van der Waals surface area contributed by atoms with E-state index in [0.717, 1.165) is 22.8 Å². The summed E-state index contributed by atoms with van der Waals surface area (Å²) in [5.41, 5.74) is 2.93. The van der Waals surface area contributed by atoms with Gasteiger partial charge >= 0.3 is 11.9 Å². The monoisotopic (exact) mass is 296 g/mol. The van der Waals surface area contributed by atoms with Crippen LogP contribution in [-0.2, 0) is 20.9 Å². The molecule has 2 aromatic carbocycles. The topological polar surface area (TPSA) is 52.6 Å². The van der Waals surface area contributed by atoms with Crippen molar-refractivity contribution in [1.29, 1.82) is 0 Å². The highest BCUT2D eigenvalue weighted by molar-refractivity contribution is 5.81. The summed E-state index contributed by atoms with van der Waals surface area (Å²) < 4.78 is 9.96. The third kappa shape index (κ3) is 4.31. The molecule has 0 aliphatic carbocycles. The van der Waals surface area contributed by atoms with Gasteiger partial charge in [-0.25, -0.2) is 4.79 Å². The van der Waals surface area contributed by atoms with Crippen molar-refractivity contribution in [2.45, 2.75) is 13.5 Å². The second-order valence-electron chi connectivity index (χ2n) is 4.63. The van der Waals surface area contributed by atoms with Crippen molar-refractivity contribution in [1.82, 2.24) is 0 Å². The first-order valence-corrected chi connectivity index (χ1v) is 6.75. The molecule has 0 heterocycles. The molecule has 0 fully saturated rings. The second kappa shape index (κ2) is 7.22. The third-order valence-corrected chi connectivity index (χ3v) is 2.95. The molecule has 0 atom stereocenters. The molecule has 0 N–H and O–H groups in total. The van der Waals surface area contributed by atoms with E-state index in [-0.39, 0.29) is 12.6 Å².